The summed E-state index contributed by atoms with van der Waals surface area (Å²) < 4.78 is 9.87. The minimum absolute atomic E-state index is 0.348. The normalized spacial score (nSPS) is 17.1. The average Bonchev–Trinajstić information content (AvgIpc) is 3.21. The van der Waals surface area contributed by atoms with Gasteiger partial charge in [-0.15, -0.1) is 0 Å². The van der Waals surface area contributed by atoms with Crippen LogP contribution in [0.5, 0.6) is 0 Å². The predicted octanol–water partition coefficient (Wildman–Crippen LogP) is -0.00980. The summed E-state index contributed by atoms with van der Waals surface area (Å²) in [5.41, 5.74) is 1.90. The third kappa shape index (κ3) is 3.37. The first-order valence-electron chi connectivity index (χ1n) is 10.4. The maximum absolute atomic E-state index is 13.0. The quantitative estimate of drug-likeness (QED) is 0.587. The summed E-state index contributed by atoms with van der Waals surface area (Å²) in [6.07, 6.45) is 0. The van der Waals surface area contributed by atoms with E-state index in [4.69, 9.17) is 9.84 Å². The summed E-state index contributed by atoms with van der Waals surface area (Å²) in [5.74, 6) is 0.584. The number of rotatable bonds is 4. The standard InChI is InChI=1S/C21H25N7O3/c1-24-18-17(19(29)25(2)21(24)30)27-14-16(15-6-4-3-5-7-15)23-28(20(27)22-18)9-8-26-10-12-31-13-11-26/h3-7H,8-14H2,1-2H3. The second-order valence-corrected chi connectivity index (χ2v) is 7.87. The Bertz CT molecular complexity index is 1270. The van der Waals surface area contributed by atoms with E-state index in [9.17, 15) is 9.59 Å². The average molecular weight is 423 g/mol. The van der Waals surface area contributed by atoms with Crippen LogP contribution in [-0.2, 0) is 25.4 Å². The van der Waals surface area contributed by atoms with Crippen molar-refractivity contribution in [1.29, 1.82) is 0 Å². The van der Waals surface area contributed by atoms with Crippen LogP contribution in [0, 0.1) is 0 Å². The number of hydrazone groups is 1. The van der Waals surface area contributed by atoms with Crippen molar-refractivity contribution < 1.29 is 4.74 Å². The van der Waals surface area contributed by atoms with Crippen LogP contribution >= 0.6 is 0 Å². The molecule has 0 bridgehead atoms. The van der Waals surface area contributed by atoms with Crippen molar-refractivity contribution in [2.45, 2.75) is 6.54 Å². The molecule has 0 saturated carbocycles. The molecule has 10 nitrogen and oxygen atoms in total. The molecule has 0 unspecified atom stereocenters. The maximum atomic E-state index is 13.0. The molecule has 1 aromatic carbocycles. The van der Waals surface area contributed by atoms with E-state index in [-0.39, 0.29) is 5.56 Å². The van der Waals surface area contributed by atoms with Gasteiger partial charge in [0.2, 0.25) is 5.95 Å². The zero-order chi connectivity index (χ0) is 21.5. The minimum Gasteiger partial charge on any atom is -0.379 e. The molecule has 5 rings (SSSR count). The maximum Gasteiger partial charge on any atom is 0.332 e. The van der Waals surface area contributed by atoms with E-state index in [2.05, 4.69) is 9.88 Å². The van der Waals surface area contributed by atoms with E-state index in [0.29, 0.717) is 30.2 Å². The topological polar surface area (TPSA) is 89.9 Å². The monoisotopic (exact) mass is 423 g/mol. The van der Waals surface area contributed by atoms with Crippen molar-refractivity contribution in [3.05, 3.63) is 56.7 Å². The van der Waals surface area contributed by atoms with Crippen molar-refractivity contribution in [3.8, 4) is 0 Å². The fourth-order valence-electron chi connectivity index (χ4n) is 4.14. The van der Waals surface area contributed by atoms with Gasteiger partial charge in [0.15, 0.2) is 11.2 Å². The van der Waals surface area contributed by atoms with Gasteiger partial charge in [-0.3, -0.25) is 23.4 Å². The summed E-state index contributed by atoms with van der Waals surface area (Å²) in [5, 5.41) is 6.74. The van der Waals surface area contributed by atoms with Gasteiger partial charge in [0.1, 0.15) is 0 Å². The molecule has 2 aliphatic heterocycles. The molecule has 0 radical (unpaired) electrons. The molecule has 0 N–H and O–H groups in total. The Labute approximate surface area is 178 Å². The summed E-state index contributed by atoms with van der Waals surface area (Å²) in [4.78, 5) is 32.4. The van der Waals surface area contributed by atoms with Crippen molar-refractivity contribution in [2.75, 3.05) is 44.4 Å². The smallest absolute Gasteiger partial charge is 0.332 e. The van der Waals surface area contributed by atoms with Gasteiger partial charge in [0.05, 0.1) is 32.0 Å². The second-order valence-electron chi connectivity index (χ2n) is 7.87. The zero-order valence-corrected chi connectivity index (χ0v) is 17.7. The van der Waals surface area contributed by atoms with Crippen LogP contribution in [-0.4, -0.2) is 68.7 Å². The van der Waals surface area contributed by atoms with Crippen molar-refractivity contribution in [3.63, 3.8) is 0 Å². The van der Waals surface area contributed by atoms with Crippen LogP contribution in [0.3, 0.4) is 0 Å². The number of hydrogen-bond donors (Lipinski definition) is 0. The third-order valence-electron chi connectivity index (χ3n) is 5.95. The van der Waals surface area contributed by atoms with Gasteiger partial charge in [0.25, 0.3) is 5.56 Å². The number of benzene rings is 1. The van der Waals surface area contributed by atoms with E-state index in [1.807, 2.05) is 39.9 Å². The molecule has 4 heterocycles. The van der Waals surface area contributed by atoms with Crippen LogP contribution in [0.25, 0.3) is 11.2 Å². The van der Waals surface area contributed by atoms with E-state index in [1.54, 1.807) is 7.05 Å². The molecule has 2 aliphatic rings. The van der Waals surface area contributed by atoms with Crippen molar-refractivity contribution in [1.82, 2.24) is 23.6 Å². The largest absolute Gasteiger partial charge is 0.379 e. The van der Waals surface area contributed by atoms with Gasteiger partial charge in [-0.2, -0.15) is 10.1 Å². The number of fused-ring (bicyclic) bond motifs is 3. The molecule has 0 aliphatic carbocycles. The molecule has 3 aromatic rings. The van der Waals surface area contributed by atoms with E-state index < -0.39 is 5.69 Å². The summed E-state index contributed by atoms with van der Waals surface area (Å²) >= 11 is 0. The summed E-state index contributed by atoms with van der Waals surface area (Å²) in [6, 6.07) is 9.93. The molecule has 31 heavy (non-hydrogen) atoms. The second kappa shape index (κ2) is 7.78. The Morgan fingerprint density at radius 1 is 1.00 bits per heavy atom. The fraction of sp³-hybridized carbons (Fsp3) is 0.429. The molecular formula is C21H25N7O3. The molecule has 10 heteroatoms. The highest BCUT2D eigenvalue weighted by molar-refractivity contribution is 6.02. The highest BCUT2D eigenvalue weighted by atomic mass is 16.5. The number of aryl methyl sites for hydroxylation is 1. The molecule has 162 valence electrons. The molecular weight excluding hydrogens is 398 g/mol. The van der Waals surface area contributed by atoms with Gasteiger partial charge < -0.3 is 4.74 Å². The summed E-state index contributed by atoms with van der Waals surface area (Å²) in [7, 11) is 3.13. The molecule has 1 saturated heterocycles. The van der Waals surface area contributed by atoms with Crippen molar-refractivity contribution >= 4 is 22.8 Å². The first-order valence-corrected chi connectivity index (χ1v) is 10.4. The van der Waals surface area contributed by atoms with E-state index in [0.717, 1.165) is 48.7 Å². The lowest BCUT2D eigenvalue weighted by atomic mass is 10.1. The van der Waals surface area contributed by atoms with Gasteiger partial charge in [-0.25, -0.2) is 9.80 Å². The Hall–Kier alpha value is -3.24. The molecule has 2 aromatic heterocycles. The van der Waals surface area contributed by atoms with E-state index >= 15 is 0 Å². The lowest BCUT2D eigenvalue weighted by Crippen LogP contribution is -2.42. The number of ether oxygens (including phenoxy) is 1. The number of nitrogens with zero attached hydrogens (tertiary/aromatic N) is 7. The van der Waals surface area contributed by atoms with Gasteiger partial charge >= 0.3 is 5.69 Å². The third-order valence-corrected chi connectivity index (χ3v) is 5.95. The van der Waals surface area contributed by atoms with Crippen LogP contribution in [0.15, 0.2) is 45.0 Å². The molecule has 0 spiro atoms. The minimum atomic E-state index is -0.392. The number of anilines is 1. The Balaban J connectivity index is 1.61. The Morgan fingerprint density at radius 3 is 2.48 bits per heavy atom. The Morgan fingerprint density at radius 2 is 1.74 bits per heavy atom. The molecule has 0 atom stereocenters. The highest BCUT2D eigenvalue weighted by Crippen LogP contribution is 2.25. The number of morpholine rings is 1. The van der Waals surface area contributed by atoms with Crippen LogP contribution in [0.1, 0.15) is 5.56 Å². The fourth-order valence-corrected chi connectivity index (χ4v) is 4.14. The molecule has 1 fully saturated rings. The zero-order valence-electron chi connectivity index (χ0n) is 17.7. The van der Waals surface area contributed by atoms with Gasteiger partial charge in [-0.1, -0.05) is 30.3 Å². The SMILES string of the molecule is Cn1c(=O)c2c(nc3n2CC(c2ccccc2)=NN3CCN2CCOCC2)n(C)c1=O. The number of hydrogen-bond acceptors (Lipinski definition) is 7. The van der Waals surface area contributed by atoms with Gasteiger partial charge in [0, 0.05) is 33.7 Å². The van der Waals surface area contributed by atoms with E-state index in [1.165, 1.54) is 11.6 Å². The lowest BCUT2D eigenvalue weighted by Gasteiger charge is -2.30. The predicted molar refractivity (Wildman–Crippen MR) is 118 cm³/mol. The number of imidazole rings is 1. The van der Waals surface area contributed by atoms with Crippen LogP contribution < -0.4 is 16.3 Å². The van der Waals surface area contributed by atoms with Crippen molar-refractivity contribution in [2.24, 2.45) is 19.2 Å². The Kier molecular flexibility index (Phi) is 4.95. The first kappa shape index (κ1) is 19.7. The summed E-state index contributed by atoms with van der Waals surface area (Å²) in [6.45, 7) is 5.06. The number of aromatic nitrogens is 4. The molecule has 0 amide bonds. The van der Waals surface area contributed by atoms with Crippen LogP contribution in [0.4, 0.5) is 5.95 Å². The van der Waals surface area contributed by atoms with Gasteiger partial charge in [-0.05, 0) is 5.56 Å². The van der Waals surface area contributed by atoms with Crippen LogP contribution in [0.2, 0.25) is 0 Å². The highest BCUT2D eigenvalue weighted by Gasteiger charge is 2.28. The first-order chi connectivity index (χ1) is 15.0. The lowest BCUT2D eigenvalue weighted by molar-refractivity contribution is 0.0391.